The summed E-state index contributed by atoms with van der Waals surface area (Å²) < 4.78 is 7.59. The molecule has 3 aromatic rings. The highest BCUT2D eigenvalue weighted by atomic mass is 16.4. The molecule has 2 aromatic heterocycles. The number of piperidine rings is 2. The Morgan fingerprint density at radius 2 is 1.87 bits per heavy atom. The van der Waals surface area contributed by atoms with E-state index in [1.165, 1.54) is 32.4 Å². The molecule has 30 heavy (non-hydrogen) atoms. The fraction of sp³-hybridized carbons (Fsp3) is 0.522. The largest absolute Gasteiger partial charge is 0.421 e. The molecule has 0 atom stereocenters. The molecule has 2 saturated heterocycles. The Kier molecular flexibility index (Phi) is 5.29. The number of nitrogens with zero attached hydrogens (tertiary/aromatic N) is 5. The summed E-state index contributed by atoms with van der Waals surface area (Å²) in [6.45, 7) is 6.35. The maximum atomic E-state index is 13.0. The van der Waals surface area contributed by atoms with Gasteiger partial charge in [0.25, 0.3) is 0 Å². The monoisotopic (exact) mass is 407 g/mol. The quantitative estimate of drug-likeness (QED) is 0.662. The van der Waals surface area contributed by atoms with Gasteiger partial charge in [-0.3, -0.25) is 4.79 Å². The van der Waals surface area contributed by atoms with Crippen molar-refractivity contribution in [1.29, 1.82) is 0 Å². The van der Waals surface area contributed by atoms with Crippen LogP contribution in [0.1, 0.15) is 38.0 Å². The van der Waals surface area contributed by atoms with Crippen molar-refractivity contribution < 1.29 is 9.21 Å². The van der Waals surface area contributed by atoms with Crippen LogP contribution in [0.4, 0.5) is 0 Å². The number of carbonyl (C=O) groups is 1. The third-order valence-corrected chi connectivity index (χ3v) is 6.58. The maximum Gasteiger partial charge on any atom is 0.247 e. The van der Waals surface area contributed by atoms with Gasteiger partial charge < -0.3 is 18.8 Å². The number of rotatable bonds is 4. The lowest BCUT2D eigenvalue weighted by atomic mass is 10.00. The topological polar surface area (TPSA) is 67.4 Å². The second kappa shape index (κ2) is 8.22. The zero-order valence-corrected chi connectivity index (χ0v) is 17.6. The highest BCUT2D eigenvalue weighted by Gasteiger charge is 2.27. The molecule has 2 aliphatic rings. The molecular formula is C23H29N5O2. The van der Waals surface area contributed by atoms with E-state index in [4.69, 9.17) is 4.42 Å². The van der Waals surface area contributed by atoms with Crippen LogP contribution < -0.4 is 0 Å². The lowest BCUT2D eigenvalue weighted by molar-refractivity contribution is -0.133. The Bertz CT molecular complexity index is 1030. The SMILES string of the molecule is Cc1nnc(-c2ccc3ccn(CC(=O)N4CCC(N5CCCCC5)CC4)c3c2)o1. The number of fused-ring (bicyclic) bond motifs is 1. The number of aromatic nitrogens is 3. The Balaban J connectivity index is 1.26. The first-order valence-corrected chi connectivity index (χ1v) is 11.1. The predicted molar refractivity (Wildman–Crippen MR) is 115 cm³/mol. The van der Waals surface area contributed by atoms with E-state index in [-0.39, 0.29) is 5.91 Å². The van der Waals surface area contributed by atoms with Crippen molar-refractivity contribution in [1.82, 2.24) is 24.6 Å². The minimum absolute atomic E-state index is 0.198. The average Bonchev–Trinajstić information content (AvgIpc) is 3.40. The summed E-state index contributed by atoms with van der Waals surface area (Å²) in [6, 6.07) is 8.75. The molecule has 158 valence electrons. The van der Waals surface area contributed by atoms with Crippen LogP contribution in [0.2, 0.25) is 0 Å². The molecule has 0 bridgehead atoms. The molecule has 2 fully saturated rings. The minimum atomic E-state index is 0.198. The third kappa shape index (κ3) is 3.86. The van der Waals surface area contributed by atoms with Gasteiger partial charge in [0.15, 0.2) is 0 Å². The molecule has 0 aliphatic carbocycles. The van der Waals surface area contributed by atoms with Crippen molar-refractivity contribution >= 4 is 16.8 Å². The predicted octanol–water partition coefficient (Wildman–Crippen LogP) is 3.48. The van der Waals surface area contributed by atoms with Crippen LogP contribution in [0, 0.1) is 6.92 Å². The smallest absolute Gasteiger partial charge is 0.247 e. The Hall–Kier alpha value is -2.67. The number of aryl methyl sites for hydroxylation is 1. The molecule has 2 aliphatic heterocycles. The summed E-state index contributed by atoms with van der Waals surface area (Å²) in [4.78, 5) is 17.7. The summed E-state index contributed by atoms with van der Waals surface area (Å²) in [7, 11) is 0. The van der Waals surface area contributed by atoms with Gasteiger partial charge >= 0.3 is 0 Å². The van der Waals surface area contributed by atoms with Gasteiger partial charge in [0, 0.05) is 43.3 Å². The lowest BCUT2D eigenvalue weighted by Crippen LogP contribution is -2.48. The van der Waals surface area contributed by atoms with Gasteiger partial charge in [-0.15, -0.1) is 10.2 Å². The van der Waals surface area contributed by atoms with E-state index < -0.39 is 0 Å². The maximum absolute atomic E-state index is 13.0. The number of likely N-dealkylation sites (tertiary alicyclic amines) is 2. The first-order valence-electron chi connectivity index (χ1n) is 11.1. The highest BCUT2D eigenvalue weighted by Crippen LogP contribution is 2.25. The van der Waals surface area contributed by atoms with Crippen LogP contribution in [0.5, 0.6) is 0 Å². The van der Waals surface area contributed by atoms with Crippen LogP contribution in [0.25, 0.3) is 22.4 Å². The normalized spacial score (nSPS) is 18.9. The molecule has 7 heteroatoms. The van der Waals surface area contributed by atoms with Crippen LogP contribution in [-0.4, -0.2) is 62.7 Å². The zero-order valence-electron chi connectivity index (χ0n) is 17.6. The molecule has 0 N–H and O–H groups in total. The first-order chi connectivity index (χ1) is 14.7. The summed E-state index contributed by atoms with van der Waals surface area (Å²) in [5, 5.41) is 9.13. The third-order valence-electron chi connectivity index (χ3n) is 6.58. The van der Waals surface area contributed by atoms with Gasteiger partial charge in [-0.1, -0.05) is 12.5 Å². The van der Waals surface area contributed by atoms with Crippen molar-refractivity contribution in [3.05, 3.63) is 36.4 Å². The number of carbonyl (C=O) groups excluding carboxylic acids is 1. The first kappa shape index (κ1) is 19.3. The van der Waals surface area contributed by atoms with Gasteiger partial charge in [-0.2, -0.15) is 0 Å². The van der Waals surface area contributed by atoms with E-state index >= 15 is 0 Å². The van der Waals surface area contributed by atoms with Crippen molar-refractivity contribution in [2.24, 2.45) is 0 Å². The molecule has 0 saturated carbocycles. The lowest BCUT2D eigenvalue weighted by Gasteiger charge is -2.40. The molecule has 5 rings (SSSR count). The fourth-order valence-electron chi connectivity index (χ4n) is 4.88. The molecular weight excluding hydrogens is 378 g/mol. The highest BCUT2D eigenvalue weighted by molar-refractivity contribution is 5.86. The molecule has 0 unspecified atom stereocenters. The van der Waals surface area contributed by atoms with Gasteiger partial charge in [0.1, 0.15) is 6.54 Å². The van der Waals surface area contributed by atoms with Crippen molar-refractivity contribution in [2.75, 3.05) is 26.2 Å². The van der Waals surface area contributed by atoms with E-state index in [1.807, 2.05) is 39.9 Å². The van der Waals surface area contributed by atoms with Crippen molar-refractivity contribution in [3.63, 3.8) is 0 Å². The van der Waals surface area contributed by atoms with E-state index in [0.717, 1.165) is 42.4 Å². The van der Waals surface area contributed by atoms with Crippen molar-refractivity contribution in [3.8, 4) is 11.5 Å². The second-order valence-corrected chi connectivity index (χ2v) is 8.55. The van der Waals surface area contributed by atoms with E-state index in [9.17, 15) is 4.79 Å². The van der Waals surface area contributed by atoms with Crippen LogP contribution in [-0.2, 0) is 11.3 Å². The average molecular weight is 408 g/mol. The summed E-state index contributed by atoms with van der Waals surface area (Å²) in [5.41, 5.74) is 1.89. The number of hydrogen-bond acceptors (Lipinski definition) is 5. The minimum Gasteiger partial charge on any atom is -0.421 e. The molecule has 0 spiro atoms. The van der Waals surface area contributed by atoms with Gasteiger partial charge in [-0.25, -0.2) is 0 Å². The van der Waals surface area contributed by atoms with E-state index in [2.05, 4.69) is 15.1 Å². The standard InChI is InChI=1S/C23H29N5O2/c1-17-24-25-23(30-17)19-6-5-18-7-12-28(21(18)15-19)16-22(29)27-13-8-20(9-14-27)26-10-3-2-4-11-26/h5-7,12,15,20H,2-4,8-11,13-14,16H2,1H3. The Morgan fingerprint density at radius 3 is 2.60 bits per heavy atom. The summed E-state index contributed by atoms with van der Waals surface area (Å²) in [5.74, 6) is 1.25. The van der Waals surface area contributed by atoms with Gasteiger partial charge in [0.05, 0.1) is 0 Å². The number of benzene rings is 1. The van der Waals surface area contributed by atoms with Gasteiger partial charge in [-0.05, 0) is 62.4 Å². The van der Waals surface area contributed by atoms with Crippen LogP contribution in [0.3, 0.4) is 0 Å². The molecule has 1 amide bonds. The molecule has 1 aromatic carbocycles. The molecule has 4 heterocycles. The fourth-order valence-corrected chi connectivity index (χ4v) is 4.88. The summed E-state index contributed by atoms with van der Waals surface area (Å²) in [6.07, 6.45) is 8.20. The van der Waals surface area contributed by atoms with Gasteiger partial charge in [0.2, 0.25) is 17.7 Å². The number of hydrogen-bond donors (Lipinski definition) is 0. The summed E-state index contributed by atoms with van der Waals surface area (Å²) >= 11 is 0. The molecule has 7 nitrogen and oxygen atoms in total. The van der Waals surface area contributed by atoms with Crippen LogP contribution >= 0.6 is 0 Å². The van der Waals surface area contributed by atoms with E-state index in [1.54, 1.807) is 6.92 Å². The second-order valence-electron chi connectivity index (χ2n) is 8.55. The van der Waals surface area contributed by atoms with Crippen molar-refractivity contribution in [2.45, 2.75) is 51.6 Å². The number of amides is 1. The Labute approximate surface area is 176 Å². The zero-order chi connectivity index (χ0) is 20.5. The van der Waals surface area contributed by atoms with E-state index in [0.29, 0.717) is 24.4 Å². The Morgan fingerprint density at radius 1 is 1.07 bits per heavy atom. The molecule has 0 radical (unpaired) electrons. The van der Waals surface area contributed by atoms with Crippen LogP contribution in [0.15, 0.2) is 34.9 Å².